The summed E-state index contributed by atoms with van der Waals surface area (Å²) in [6, 6.07) is 11.4. The minimum absolute atomic E-state index is 0.0285. The van der Waals surface area contributed by atoms with Crippen molar-refractivity contribution in [3.63, 3.8) is 0 Å². The van der Waals surface area contributed by atoms with Crippen LogP contribution in [0.4, 0.5) is 0 Å². The third kappa shape index (κ3) is 6.31. The van der Waals surface area contributed by atoms with Gasteiger partial charge in [-0.2, -0.15) is 0 Å². The van der Waals surface area contributed by atoms with Gasteiger partial charge < -0.3 is 19.7 Å². The van der Waals surface area contributed by atoms with Gasteiger partial charge in [-0.1, -0.05) is 18.2 Å². The van der Waals surface area contributed by atoms with Gasteiger partial charge in [-0.05, 0) is 42.0 Å². The Morgan fingerprint density at radius 1 is 1.16 bits per heavy atom. The zero-order valence-electron chi connectivity index (χ0n) is 18.3. The molecule has 32 heavy (non-hydrogen) atoms. The molecular formula is C24H31N3O4S. The molecule has 0 saturated carbocycles. The minimum atomic E-state index is -0.379. The molecule has 3 heterocycles. The summed E-state index contributed by atoms with van der Waals surface area (Å²) in [6.45, 7) is 6.03. The number of nitrogens with zero attached hydrogens (tertiary/aromatic N) is 2. The molecule has 2 aliphatic rings. The lowest BCUT2D eigenvalue weighted by atomic mass is 10.1. The van der Waals surface area contributed by atoms with Crippen molar-refractivity contribution in [3.8, 4) is 5.75 Å². The Morgan fingerprint density at radius 2 is 2.03 bits per heavy atom. The molecule has 0 radical (unpaired) electrons. The fourth-order valence-corrected chi connectivity index (χ4v) is 4.87. The van der Waals surface area contributed by atoms with Gasteiger partial charge in [0.1, 0.15) is 18.4 Å². The molecule has 0 aliphatic carbocycles. The van der Waals surface area contributed by atoms with Crippen molar-refractivity contribution in [1.82, 2.24) is 15.1 Å². The lowest BCUT2D eigenvalue weighted by Crippen LogP contribution is -2.46. The molecule has 2 aromatic rings. The number of benzene rings is 1. The second-order valence-electron chi connectivity index (χ2n) is 8.17. The van der Waals surface area contributed by atoms with E-state index < -0.39 is 0 Å². The standard InChI is InChI=1S/C24H31N3O4S/c28-23(17-21-6-3-15-32-21)27-8-2-7-22(27)24(29)25-18-19-4-1-5-20(16-19)31-14-11-26-9-12-30-13-10-26/h1,3-6,15-16,22H,2,7-14,17-18H2,(H,25,29). The van der Waals surface area contributed by atoms with Crippen molar-refractivity contribution >= 4 is 23.2 Å². The monoisotopic (exact) mass is 457 g/mol. The molecule has 1 N–H and O–H groups in total. The zero-order chi connectivity index (χ0) is 22.2. The van der Waals surface area contributed by atoms with Crippen molar-refractivity contribution < 1.29 is 19.1 Å². The number of thiophene rings is 1. The van der Waals surface area contributed by atoms with E-state index in [1.165, 1.54) is 0 Å². The Bertz CT molecular complexity index is 883. The molecule has 8 heteroatoms. The predicted octanol–water partition coefficient (Wildman–Crippen LogP) is 2.31. The lowest BCUT2D eigenvalue weighted by molar-refractivity contribution is -0.138. The smallest absolute Gasteiger partial charge is 0.243 e. The minimum Gasteiger partial charge on any atom is -0.492 e. The van der Waals surface area contributed by atoms with Crippen LogP contribution in [0.5, 0.6) is 5.75 Å². The van der Waals surface area contributed by atoms with Crippen LogP contribution >= 0.6 is 11.3 Å². The first-order valence-electron chi connectivity index (χ1n) is 11.3. The number of carbonyl (C=O) groups is 2. The molecule has 2 amide bonds. The molecule has 1 aromatic carbocycles. The third-order valence-electron chi connectivity index (χ3n) is 5.93. The predicted molar refractivity (Wildman–Crippen MR) is 124 cm³/mol. The Hall–Kier alpha value is -2.42. The molecule has 0 spiro atoms. The average Bonchev–Trinajstić information content (AvgIpc) is 3.51. The highest BCUT2D eigenvalue weighted by Crippen LogP contribution is 2.21. The number of morpholine rings is 1. The van der Waals surface area contributed by atoms with Crippen LogP contribution in [0.3, 0.4) is 0 Å². The van der Waals surface area contributed by atoms with Gasteiger partial charge >= 0.3 is 0 Å². The van der Waals surface area contributed by atoms with Crippen LogP contribution in [0.25, 0.3) is 0 Å². The summed E-state index contributed by atoms with van der Waals surface area (Å²) >= 11 is 1.57. The highest BCUT2D eigenvalue weighted by molar-refractivity contribution is 7.10. The quantitative estimate of drug-likeness (QED) is 0.626. The molecule has 4 rings (SSSR count). The van der Waals surface area contributed by atoms with Crippen molar-refractivity contribution in [2.75, 3.05) is 46.0 Å². The van der Waals surface area contributed by atoms with Crippen LogP contribution < -0.4 is 10.1 Å². The maximum Gasteiger partial charge on any atom is 0.243 e. The Kier molecular flexibility index (Phi) is 8.14. The number of rotatable bonds is 9. The van der Waals surface area contributed by atoms with Crippen LogP contribution in [0, 0.1) is 0 Å². The first-order chi connectivity index (χ1) is 15.7. The fourth-order valence-electron chi connectivity index (χ4n) is 4.17. The zero-order valence-corrected chi connectivity index (χ0v) is 19.1. The van der Waals surface area contributed by atoms with Crippen LogP contribution in [0.1, 0.15) is 23.3 Å². The summed E-state index contributed by atoms with van der Waals surface area (Å²) in [5.74, 6) is 0.750. The van der Waals surface area contributed by atoms with Gasteiger partial charge in [0.25, 0.3) is 0 Å². The number of carbonyl (C=O) groups excluding carboxylic acids is 2. The number of hydrogen-bond donors (Lipinski definition) is 1. The van der Waals surface area contributed by atoms with Gasteiger partial charge in [0, 0.05) is 37.6 Å². The van der Waals surface area contributed by atoms with Gasteiger partial charge in [0.15, 0.2) is 0 Å². The van der Waals surface area contributed by atoms with Crippen LogP contribution in [-0.2, 0) is 27.3 Å². The lowest BCUT2D eigenvalue weighted by Gasteiger charge is -2.26. The second kappa shape index (κ2) is 11.4. The molecule has 2 fully saturated rings. The number of hydrogen-bond acceptors (Lipinski definition) is 6. The van der Waals surface area contributed by atoms with E-state index in [0.29, 0.717) is 32.5 Å². The van der Waals surface area contributed by atoms with Crippen LogP contribution in [0.2, 0.25) is 0 Å². The summed E-state index contributed by atoms with van der Waals surface area (Å²) in [5.41, 5.74) is 0.983. The number of amides is 2. The van der Waals surface area contributed by atoms with Crippen molar-refractivity contribution in [2.24, 2.45) is 0 Å². The Morgan fingerprint density at radius 3 is 2.84 bits per heavy atom. The Balaban J connectivity index is 1.24. The van der Waals surface area contributed by atoms with Crippen molar-refractivity contribution in [1.29, 1.82) is 0 Å². The number of nitrogens with one attached hydrogen (secondary N) is 1. The first-order valence-corrected chi connectivity index (χ1v) is 12.2. The number of ether oxygens (including phenoxy) is 2. The SMILES string of the molecule is O=C(NCc1cccc(OCCN2CCOCC2)c1)C1CCCN1C(=O)Cc1cccs1. The van der Waals surface area contributed by atoms with E-state index >= 15 is 0 Å². The molecule has 0 bridgehead atoms. The summed E-state index contributed by atoms with van der Waals surface area (Å²) < 4.78 is 11.3. The summed E-state index contributed by atoms with van der Waals surface area (Å²) in [6.07, 6.45) is 1.94. The topological polar surface area (TPSA) is 71.1 Å². The molecule has 2 aliphatic heterocycles. The van der Waals surface area contributed by atoms with E-state index in [2.05, 4.69) is 10.2 Å². The van der Waals surface area contributed by atoms with E-state index in [1.807, 2.05) is 41.8 Å². The van der Waals surface area contributed by atoms with E-state index in [0.717, 1.165) is 55.5 Å². The summed E-state index contributed by atoms with van der Waals surface area (Å²) in [5, 5.41) is 4.98. The normalized spacial score (nSPS) is 19.1. The second-order valence-corrected chi connectivity index (χ2v) is 9.20. The van der Waals surface area contributed by atoms with E-state index in [1.54, 1.807) is 16.2 Å². The number of likely N-dealkylation sites (tertiary alicyclic amines) is 1. The van der Waals surface area contributed by atoms with Crippen molar-refractivity contribution in [3.05, 3.63) is 52.2 Å². The van der Waals surface area contributed by atoms with Gasteiger partial charge in [-0.15, -0.1) is 11.3 Å². The summed E-state index contributed by atoms with van der Waals surface area (Å²) in [4.78, 5) is 30.6. The van der Waals surface area contributed by atoms with Gasteiger partial charge in [0.05, 0.1) is 19.6 Å². The first kappa shape index (κ1) is 22.8. The summed E-state index contributed by atoms with van der Waals surface area (Å²) in [7, 11) is 0. The maximum atomic E-state index is 12.8. The van der Waals surface area contributed by atoms with Gasteiger partial charge in [-0.3, -0.25) is 14.5 Å². The highest BCUT2D eigenvalue weighted by Gasteiger charge is 2.33. The largest absolute Gasteiger partial charge is 0.492 e. The molecule has 172 valence electrons. The van der Waals surface area contributed by atoms with Gasteiger partial charge in [0.2, 0.25) is 11.8 Å². The molecule has 2 saturated heterocycles. The van der Waals surface area contributed by atoms with Crippen LogP contribution in [-0.4, -0.2) is 73.7 Å². The van der Waals surface area contributed by atoms with E-state index in [-0.39, 0.29) is 17.9 Å². The highest BCUT2D eigenvalue weighted by atomic mass is 32.1. The molecule has 1 atom stereocenters. The van der Waals surface area contributed by atoms with Crippen molar-refractivity contribution in [2.45, 2.75) is 31.8 Å². The van der Waals surface area contributed by atoms with Crippen LogP contribution in [0.15, 0.2) is 41.8 Å². The average molecular weight is 458 g/mol. The Labute approximate surface area is 193 Å². The molecule has 1 unspecified atom stereocenters. The van der Waals surface area contributed by atoms with Gasteiger partial charge in [-0.25, -0.2) is 0 Å². The molecule has 1 aromatic heterocycles. The van der Waals surface area contributed by atoms with E-state index in [9.17, 15) is 9.59 Å². The third-order valence-corrected chi connectivity index (χ3v) is 6.80. The molecular weight excluding hydrogens is 426 g/mol. The maximum absolute atomic E-state index is 12.8. The van der Waals surface area contributed by atoms with E-state index in [4.69, 9.17) is 9.47 Å². The molecule has 7 nitrogen and oxygen atoms in total. The fraction of sp³-hybridized carbons (Fsp3) is 0.500.